The number of para-hydroxylation sites is 1. The smallest absolute Gasteiger partial charge is 0.251 e. The Morgan fingerprint density at radius 3 is 2.22 bits per heavy atom. The molecule has 32 heavy (non-hydrogen) atoms. The first-order chi connectivity index (χ1) is 15.6. The first kappa shape index (κ1) is 21.1. The van der Waals surface area contributed by atoms with Gasteiger partial charge in [0, 0.05) is 29.9 Å². The number of rotatable bonds is 7. The summed E-state index contributed by atoms with van der Waals surface area (Å²) in [5.41, 5.74) is 1.81. The molecule has 1 aliphatic rings. The maximum absolute atomic E-state index is 12.3. The lowest BCUT2D eigenvalue weighted by Gasteiger charge is -2.15. The highest BCUT2D eigenvalue weighted by atomic mass is 16.5. The normalized spacial score (nSPS) is 13.0. The molecular weight excluding hydrogens is 406 g/mol. The lowest BCUT2D eigenvalue weighted by Crippen LogP contribution is -2.32. The number of anilines is 2. The van der Waals surface area contributed by atoms with Crippen molar-refractivity contribution in [2.45, 2.75) is 12.8 Å². The minimum absolute atomic E-state index is 0.0959. The van der Waals surface area contributed by atoms with Crippen LogP contribution in [-0.4, -0.2) is 30.8 Å². The molecule has 0 bridgehead atoms. The van der Waals surface area contributed by atoms with E-state index in [-0.39, 0.29) is 24.3 Å². The molecule has 1 saturated heterocycles. The average molecular weight is 429 g/mol. The Labute approximate surface area is 186 Å². The van der Waals surface area contributed by atoms with E-state index in [1.165, 1.54) is 0 Å². The Morgan fingerprint density at radius 2 is 1.56 bits per heavy atom. The second-order valence-electron chi connectivity index (χ2n) is 7.37. The summed E-state index contributed by atoms with van der Waals surface area (Å²) in [6.07, 6.45) is 1.40. The fraction of sp³-hybridized carbons (Fsp3) is 0.160. The molecule has 3 aromatic rings. The van der Waals surface area contributed by atoms with Crippen LogP contribution in [-0.2, 0) is 9.59 Å². The number of benzene rings is 3. The zero-order valence-corrected chi connectivity index (χ0v) is 17.4. The zero-order valence-electron chi connectivity index (χ0n) is 17.4. The Bertz CT molecular complexity index is 1100. The Morgan fingerprint density at radius 1 is 0.875 bits per heavy atom. The molecule has 1 aliphatic heterocycles. The minimum atomic E-state index is -0.356. The van der Waals surface area contributed by atoms with E-state index >= 15 is 0 Å². The highest BCUT2D eigenvalue weighted by Crippen LogP contribution is 2.23. The zero-order chi connectivity index (χ0) is 22.3. The number of amides is 3. The van der Waals surface area contributed by atoms with E-state index in [1.807, 2.05) is 30.3 Å². The summed E-state index contributed by atoms with van der Waals surface area (Å²) in [6, 6.07) is 23.2. The van der Waals surface area contributed by atoms with E-state index in [0.717, 1.165) is 17.9 Å². The highest BCUT2D eigenvalue weighted by Gasteiger charge is 2.21. The third-order valence-corrected chi connectivity index (χ3v) is 5.04. The highest BCUT2D eigenvalue weighted by molar-refractivity contribution is 6.00. The summed E-state index contributed by atoms with van der Waals surface area (Å²) >= 11 is 0. The summed E-state index contributed by atoms with van der Waals surface area (Å²) in [4.78, 5) is 38.0. The number of carbonyl (C=O) groups is 3. The van der Waals surface area contributed by atoms with Crippen LogP contribution in [0.25, 0.3) is 0 Å². The molecule has 162 valence electrons. The molecule has 2 N–H and O–H groups in total. The van der Waals surface area contributed by atoms with E-state index in [0.29, 0.717) is 30.0 Å². The van der Waals surface area contributed by atoms with Crippen molar-refractivity contribution >= 4 is 29.1 Å². The second kappa shape index (κ2) is 9.78. The van der Waals surface area contributed by atoms with Crippen molar-refractivity contribution in [1.29, 1.82) is 0 Å². The average Bonchev–Trinajstić information content (AvgIpc) is 3.25. The third kappa shape index (κ3) is 5.31. The van der Waals surface area contributed by atoms with Crippen molar-refractivity contribution in [2.75, 3.05) is 23.3 Å². The lowest BCUT2D eigenvalue weighted by molar-refractivity contribution is -0.117. The quantitative estimate of drug-likeness (QED) is 0.595. The SMILES string of the molecule is O=C(CNC(=O)c1ccc(N2CCCC2=O)cc1)Nc1ccc(Oc2ccccc2)cc1. The first-order valence-corrected chi connectivity index (χ1v) is 10.4. The van der Waals surface area contributed by atoms with Crippen LogP contribution in [0.3, 0.4) is 0 Å². The molecule has 0 radical (unpaired) electrons. The molecule has 7 nitrogen and oxygen atoms in total. The Hall–Kier alpha value is -4.13. The largest absolute Gasteiger partial charge is 0.457 e. The van der Waals surface area contributed by atoms with Gasteiger partial charge in [0.1, 0.15) is 11.5 Å². The van der Waals surface area contributed by atoms with Gasteiger partial charge in [0.25, 0.3) is 5.91 Å². The van der Waals surface area contributed by atoms with Gasteiger partial charge < -0.3 is 20.3 Å². The van der Waals surface area contributed by atoms with E-state index in [9.17, 15) is 14.4 Å². The molecule has 0 aromatic heterocycles. The minimum Gasteiger partial charge on any atom is -0.457 e. The first-order valence-electron chi connectivity index (χ1n) is 10.4. The molecule has 4 rings (SSSR count). The predicted octanol–water partition coefficient (Wildman–Crippen LogP) is 3.97. The maximum atomic E-state index is 12.3. The number of carbonyl (C=O) groups excluding carboxylic acids is 3. The van der Waals surface area contributed by atoms with Crippen molar-refractivity contribution in [1.82, 2.24) is 5.32 Å². The van der Waals surface area contributed by atoms with Gasteiger partial charge in [0.2, 0.25) is 11.8 Å². The fourth-order valence-electron chi connectivity index (χ4n) is 3.41. The number of hydrogen-bond acceptors (Lipinski definition) is 4. The number of nitrogens with one attached hydrogen (secondary N) is 2. The number of ether oxygens (including phenoxy) is 1. The molecule has 1 heterocycles. The summed E-state index contributed by atoms with van der Waals surface area (Å²) in [7, 11) is 0. The summed E-state index contributed by atoms with van der Waals surface area (Å²) in [6.45, 7) is 0.539. The van der Waals surface area contributed by atoms with E-state index in [1.54, 1.807) is 53.4 Å². The molecule has 0 atom stereocenters. The van der Waals surface area contributed by atoms with Crippen molar-refractivity contribution in [3.63, 3.8) is 0 Å². The van der Waals surface area contributed by atoms with Gasteiger partial charge >= 0.3 is 0 Å². The molecule has 0 saturated carbocycles. The summed E-state index contributed by atoms with van der Waals surface area (Å²) < 4.78 is 5.72. The van der Waals surface area contributed by atoms with Crippen LogP contribution in [0.4, 0.5) is 11.4 Å². The van der Waals surface area contributed by atoms with Gasteiger partial charge in [-0.15, -0.1) is 0 Å². The fourth-order valence-corrected chi connectivity index (χ4v) is 3.41. The van der Waals surface area contributed by atoms with Gasteiger partial charge in [-0.2, -0.15) is 0 Å². The standard InChI is InChI=1S/C25H23N3O4/c29-23(27-19-10-14-22(15-11-19)32-21-5-2-1-3-6-21)17-26-25(31)18-8-12-20(13-9-18)28-16-4-7-24(28)30/h1-3,5-6,8-15H,4,7,16-17H2,(H,26,31)(H,27,29). The number of hydrogen-bond donors (Lipinski definition) is 2. The van der Waals surface area contributed by atoms with Gasteiger partial charge in [-0.1, -0.05) is 18.2 Å². The maximum Gasteiger partial charge on any atom is 0.251 e. The summed E-state index contributed by atoms with van der Waals surface area (Å²) in [5.74, 6) is 0.785. The van der Waals surface area contributed by atoms with Crippen molar-refractivity contribution < 1.29 is 19.1 Å². The van der Waals surface area contributed by atoms with Crippen LogP contribution in [0.2, 0.25) is 0 Å². The van der Waals surface area contributed by atoms with Crippen LogP contribution < -0.4 is 20.3 Å². The number of nitrogens with zero attached hydrogens (tertiary/aromatic N) is 1. The van der Waals surface area contributed by atoms with E-state index < -0.39 is 0 Å². The van der Waals surface area contributed by atoms with Gasteiger partial charge in [0.15, 0.2) is 0 Å². The van der Waals surface area contributed by atoms with Gasteiger partial charge in [-0.3, -0.25) is 14.4 Å². The summed E-state index contributed by atoms with van der Waals surface area (Å²) in [5, 5.41) is 5.34. The van der Waals surface area contributed by atoms with Crippen LogP contribution in [0, 0.1) is 0 Å². The lowest BCUT2D eigenvalue weighted by atomic mass is 10.2. The van der Waals surface area contributed by atoms with Gasteiger partial charge in [-0.25, -0.2) is 0 Å². The molecule has 3 aromatic carbocycles. The predicted molar refractivity (Wildman–Crippen MR) is 122 cm³/mol. The Balaban J connectivity index is 1.25. The topological polar surface area (TPSA) is 87.7 Å². The van der Waals surface area contributed by atoms with Crippen LogP contribution in [0.15, 0.2) is 78.9 Å². The van der Waals surface area contributed by atoms with E-state index in [2.05, 4.69) is 10.6 Å². The van der Waals surface area contributed by atoms with Gasteiger partial charge in [-0.05, 0) is 67.1 Å². The van der Waals surface area contributed by atoms with E-state index in [4.69, 9.17) is 4.74 Å². The molecule has 7 heteroatoms. The van der Waals surface area contributed by atoms with Crippen LogP contribution in [0.1, 0.15) is 23.2 Å². The molecular formula is C25H23N3O4. The molecule has 1 fully saturated rings. The van der Waals surface area contributed by atoms with Gasteiger partial charge in [0.05, 0.1) is 6.54 Å². The second-order valence-corrected chi connectivity index (χ2v) is 7.37. The van der Waals surface area contributed by atoms with Crippen LogP contribution in [0.5, 0.6) is 11.5 Å². The van der Waals surface area contributed by atoms with Crippen molar-refractivity contribution in [2.24, 2.45) is 0 Å². The molecule has 0 unspecified atom stereocenters. The van der Waals surface area contributed by atoms with Crippen LogP contribution >= 0.6 is 0 Å². The monoisotopic (exact) mass is 429 g/mol. The Kier molecular flexibility index (Phi) is 6.46. The molecule has 3 amide bonds. The third-order valence-electron chi connectivity index (χ3n) is 5.04. The molecule has 0 spiro atoms. The molecule has 0 aliphatic carbocycles. The van der Waals surface area contributed by atoms with Crippen molar-refractivity contribution in [3.05, 3.63) is 84.4 Å². The van der Waals surface area contributed by atoms with Crippen molar-refractivity contribution in [3.8, 4) is 11.5 Å².